The molecular formula is C18H25N5O. The summed E-state index contributed by atoms with van der Waals surface area (Å²) in [6.07, 6.45) is 5.06. The van der Waals surface area contributed by atoms with Gasteiger partial charge in [0.1, 0.15) is 5.75 Å². The van der Waals surface area contributed by atoms with Gasteiger partial charge >= 0.3 is 0 Å². The molecule has 0 spiro atoms. The van der Waals surface area contributed by atoms with Crippen molar-refractivity contribution in [3.8, 4) is 5.75 Å². The highest BCUT2D eigenvalue weighted by Gasteiger charge is 2.17. The van der Waals surface area contributed by atoms with Crippen molar-refractivity contribution in [2.75, 3.05) is 37.0 Å². The van der Waals surface area contributed by atoms with E-state index >= 15 is 0 Å². The lowest BCUT2D eigenvalue weighted by Crippen LogP contribution is -2.33. The van der Waals surface area contributed by atoms with Crippen molar-refractivity contribution >= 4 is 11.8 Å². The summed E-state index contributed by atoms with van der Waals surface area (Å²) in [5.41, 5.74) is 1.22. The zero-order chi connectivity index (χ0) is 16.8. The molecule has 128 valence electrons. The summed E-state index contributed by atoms with van der Waals surface area (Å²) in [7, 11) is 1.68. The quantitative estimate of drug-likeness (QED) is 0.880. The second-order valence-corrected chi connectivity index (χ2v) is 6.34. The van der Waals surface area contributed by atoms with Gasteiger partial charge in [0.25, 0.3) is 0 Å². The zero-order valence-corrected chi connectivity index (χ0v) is 14.4. The van der Waals surface area contributed by atoms with E-state index < -0.39 is 0 Å². The van der Waals surface area contributed by atoms with Crippen molar-refractivity contribution in [1.82, 2.24) is 15.2 Å². The van der Waals surface area contributed by atoms with Crippen molar-refractivity contribution in [1.29, 1.82) is 0 Å². The number of ether oxygens (including phenoxy) is 1. The number of methoxy groups -OCH3 is 1. The molecular weight excluding hydrogens is 302 g/mol. The molecule has 1 aromatic heterocycles. The molecule has 2 aromatic rings. The van der Waals surface area contributed by atoms with E-state index in [9.17, 15) is 0 Å². The molecule has 1 aromatic carbocycles. The predicted molar refractivity (Wildman–Crippen MR) is 95.6 cm³/mol. The van der Waals surface area contributed by atoms with Gasteiger partial charge in [-0.25, -0.2) is 0 Å². The molecule has 0 bridgehead atoms. The average molecular weight is 327 g/mol. The van der Waals surface area contributed by atoms with Gasteiger partial charge in [0.15, 0.2) is 5.82 Å². The Labute approximate surface area is 143 Å². The maximum Gasteiger partial charge on any atom is 0.244 e. The Balaban J connectivity index is 1.54. The van der Waals surface area contributed by atoms with Crippen LogP contribution >= 0.6 is 0 Å². The van der Waals surface area contributed by atoms with E-state index in [-0.39, 0.29) is 0 Å². The van der Waals surface area contributed by atoms with E-state index in [1.54, 1.807) is 13.3 Å². The van der Waals surface area contributed by atoms with Crippen molar-refractivity contribution in [2.24, 2.45) is 5.92 Å². The van der Waals surface area contributed by atoms with Crippen LogP contribution < -0.4 is 15.0 Å². The van der Waals surface area contributed by atoms with Gasteiger partial charge in [-0.15, -0.1) is 5.10 Å². The summed E-state index contributed by atoms with van der Waals surface area (Å²) in [5.74, 6) is 3.19. The molecule has 6 heteroatoms. The van der Waals surface area contributed by atoms with Gasteiger partial charge in [-0.3, -0.25) is 0 Å². The molecule has 0 radical (unpaired) electrons. The maximum absolute atomic E-state index is 5.25. The van der Waals surface area contributed by atoms with E-state index in [2.05, 4.69) is 38.4 Å². The first kappa shape index (κ1) is 16.5. The Morgan fingerprint density at radius 2 is 2.12 bits per heavy atom. The smallest absolute Gasteiger partial charge is 0.244 e. The summed E-state index contributed by atoms with van der Waals surface area (Å²) < 4.78 is 5.25. The normalized spacial score (nSPS) is 15.3. The molecule has 0 amide bonds. The molecule has 1 fully saturated rings. The summed E-state index contributed by atoms with van der Waals surface area (Å²) in [6, 6.07) is 8.10. The van der Waals surface area contributed by atoms with Crippen molar-refractivity contribution < 1.29 is 4.74 Å². The molecule has 3 rings (SSSR count). The lowest BCUT2D eigenvalue weighted by molar-refractivity contribution is 0.414. The fourth-order valence-corrected chi connectivity index (χ4v) is 2.91. The highest BCUT2D eigenvalue weighted by molar-refractivity contribution is 5.40. The number of rotatable bonds is 6. The Hall–Kier alpha value is -2.37. The van der Waals surface area contributed by atoms with Gasteiger partial charge in [0, 0.05) is 19.6 Å². The predicted octanol–water partition coefficient (Wildman–Crippen LogP) is 2.77. The van der Waals surface area contributed by atoms with E-state index in [1.165, 1.54) is 18.4 Å². The molecule has 0 unspecified atom stereocenters. The van der Waals surface area contributed by atoms with Gasteiger partial charge in [0.2, 0.25) is 5.95 Å². The van der Waals surface area contributed by atoms with Crippen LogP contribution in [0.3, 0.4) is 0 Å². The SMILES string of the molecule is COc1cccc(CCNc2nncc(N3CCC(C)CC3)n2)c1. The second-order valence-electron chi connectivity index (χ2n) is 6.34. The lowest BCUT2D eigenvalue weighted by atomic mass is 9.99. The first-order chi connectivity index (χ1) is 11.7. The Bertz CT molecular complexity index is 655. The van der Waals surface area contributed by atoms with Gasteiger partial charge in [-0.1, -0.05) is 19.1 Å². The molecule has 2 heterocycles. The number of anilines is 2. The largest absolute Gasteiger partial charge is 0.497 e. The number of benzene rings is 1. The van der Waals surface area contributed by atoms with Crippen LogP contribution in [0, 0.1) is 5.92 Å². The standard InChI is InChI=1S/C18H25N5O/c1-14-7-10-23(11-8-14)17-13-20-22-18(21-17)19-9-6-15-4-3-5-16(12-15)24-2/h3-5,12-14H,6-11H2,1-2H3,(H,19,21,22). The van der Waals surface area contributed by atoms with Crippen LogP contribution in [-0.4, -0.2) is 41.9 Å². The van der Waals surface area contributed by atoms with Crippen LogP contribution in [0.5, 0.6) is 5.75 Å². The first-order valence-electron chi connectivity index (χ1n) is 8.56. The Morgan fingerprint density at radius 3 is 2.92 bits per heavy atom. The summed E-state index contributed by atoms with van der Waals surface area (Å²) in [5, 5.41) is 11.5. The van der Waals surface area contributed by atoms with Crippen LogP contribution in [-0.2, 0) is 6.42 Å². The van der Waals surface area contributed by atoms with E-state index in [1.807, 2.05) is 18.2 Å². The third-order valence-corrected chi connectivity index (χ3v) is 4.48. The van der Waals surface area contributed by atoms with Crippen molar-refractivity contribution in [2.45, 2.75) is 26.2 Å². The van der Waals surface area contributed by atoms with Crippen LogP contribution in [0.4, 0.5) is 11.8 Å². The third-order valence-electron chi connectivity index (χ3n) is 4.48. The molecule has 6 nitrogen and oxygen atoms in total. The molecule has 0 aliphatic carbocycles. The number of nitrogens with one attached hydrogen (secondary N) is 1. The fraction of sp³-hybridized carbons (Fsp3) is 0.500. The van der Waals surface area contributed by atoms with E-state index in [0.29, 0.717) is 5.95 Å². The van der Waals surface area contributed by atoms with Gasteiger partial charge in [0.05, 0.1) is 13.3 Å². The molecule has 24 heavy (non-hydrogen) atoms. The van der Waals surface area contributed by atoms with Crippen LogP contribution in [0.25, 0.3) is 0 Å². The Kier molecular flexibility index (Phi) is 5.46. The van der Waals surface area contributed by atoms with Gasteiger partial charge in [-0.2, -0.15) is 10.1 Å². The van der Waals surface area contributed by atoms with Crippen LogP contribution in [0.2, 0.25) is 0 Å². The highest BCUT2D eigenvalue weighted by atomic mass is 16.5. The van der Waals surface area contributed by atoms with E-state index in [4.69, 9.17) is 4.74 Å². The van der Waals surface area contributed by atoms with Gasteiger partial charge < -0.3 is 15.0 Å². The van der Waals surface area contributed by atoms with Crippen LogP contribution in [0.1, 0.15) is 25.3 Å². The lowest BCUT2D eigenvalue weighted by Gasteiger charge is -2.30. The summed E-state index contributed by atoms with van der Waals surface area (Å²) in [4.78, 5) is 6.90. The average Bonchev–Trinajstić information content (AvgIpc) is 2.63. The molecule has 1 saturated heterocycles. The zero-order valence-electron chi connectivity index (χ0n) is 14.4. The van der Waals surface area contributed by atoms with Crippen molar-refractivity contribution in [3.63, 3.8) is 0 Å². The topological polar surface area (TPSA) is 63.2 Å². The highest BCUT2D eigenvalue weighted by Crippen LogP contribution is 2.21. The maximum atomic E-state index is 5.25. The molecule has 0 saturated carbocycles. The first-order valence-corrected chi connectivity index (χ1v) is 8.56. The summed E-state index contributed by atoms with van der Waals surface area (Å²) in [6.45, 7) is 5.16. The number of piperidine rings is 1. The van der Waals surface area contributed by atoms with E-state index in [0.717, 1.165) is 43.5 Å². The summed E-state index contributed by atoms with van der Waals surface area (Å²) >= 11 is 0. The number of nitrogens with zero attached hydrogens (tertiary/aromatic N) is 4. The minimum absolute atomic E-state index is 0.592. The van der Waals surface area contributed by atoms with Gasteiger partial charge in [-0.05, 0) is 42.9 Å². The molecule has 1 aliphatic heterocycles. The molecule has 1 aliphatic rings. The molecule has 1 N–H and O–H groups in total. The Morgan fingerprint density at radius 1 is 1.29 bits per heavy atom. The number of hydrogen-bond acceptors (Lipinski definition) is 6. The molecule has 0 atom stereocenters. The third kappa shape index (κ3) is 4.34. The van der Waals surface area contributed by atoms with Crippen molar-refractivity contribution in [3.05, 3.63) is 36.0 Å². The number of aromatic nitrogens is 3. The monoisotopic (exact) mass is 327 g/mol. The van der Waals surface area contributed by atoms with Crippen LogP contribution in [0.15, 0.2) is 30.5 Å². The second kappa shape index (κ2) is 7.95. The number of hydrogen-bond donors (Lipinski definition) is 1. The minimum atomic E-state index is 0.592. The minimum Gasteiger partial charge on any atom is -0.497 e. The fourth-order valence-electron chi connectivity index (χ4n) is 2.91.